The van der Waals surface area contributed by atoms with Crippen molar-refractivity contribution in [2.45, 2.75) is 6.42 Å². The summed E-state index contributed by atoms with van der Waals surface area (Å²) in [5.41, 5.74) is 0.380. The van der Waals surface area contributed by atoms with E-state index in [9.17, 15) is 9.18 Å². The van der Waals surface area contributed by atoms with Crippen molar-refractivity contribution >= 4 is 5.91 Å². The van der Waals surface area contributed by atoms with E-state index in [0.717, 1.165) is 0 Å². The Labute approximate surface area is 128 Å². The molecule has 5 heteroatoms. The minimum Gasteiger partial charge on any atom is -0.493 e. The summed E-state index contributed by atoms with van der Waals surface area (Å²) in [7, 11) is 1.57. The van der Waals surface area contributed by atoms with Gasteiger partial charge in [-0.25, -0.2) is 4.39 Å². The van der Waals surface area contributed by atoms with E-state index in [-0.39, 0.29) is 18.1 Å². The molecule has 1 amide bonds. The van der Waals surface area contributed by atoms with E-state index >= 15 is 0 Å². The maximum Gasteiger partial charge on any atom is 0.224 e. The Morgan fingerprint density at radius 1 is 1.09 bits per heavy atom. The summed E-state index contributed by atoms with van der Waals surface area (Å²) in [5.74, 6) is 0.644. The highest BCUT2D eigenvalue weighted by Gasteiger charge is 2.07. The van der Waals surface area contributed by atoms with Gasteiger partial charge in [0.2, 0.25) is 5.91 Å². The molecule has 22 heavy (non-hydrogen) atoms. The number of nitrogens with one attached hydrogen (secondary N) is 1. The van der Waals surface area contributed by atoms with Crippen LogP contribution in [0.5, 0.6) is 11.5 Å². The van der Waals surface area contributed by atoms with Crippen LogP contribution in [-0.2, 0) is 11.2 Å². The summed E-state index contributed by atoms with van der Waals surface area (Å²) >= 11 is 0. The van der Waals surface area contributed by atoms with Crippen molar-refractivity contribution in [1.29, 1.82) is 0 Å². The normalized spacial score (nSPS) is 10.1. The predicted octanol–water partition coefficient (Wildman–Crippen LogP) is 2.57. The first kappa shape index (κ1) is 15.8. The molecule has 2 rings (SSSR count). The van der Waals surface area contributed by atoms with Gasteiger partial charge in [-0.1, -0.05) is 30.3 Å². The lowest BCUT2D eigenvalue weighted by Gasteiger charge is -2.11. The van der Waals surface area contributed by atoms with E-state index < -0.39 is 0 Å². The Bertz CT molecular complexity index is 631. The van der Waals surface area contributed by atoms with Gasteiger partial charge >= 0.3 is 0 Å². The number of ether oxygens (including phenoxy) is 2. The fourth-order valence-electron chi connectivity index (χ4n) is 1.97. The molecule has 0 aliphatic carbocycles. The lowest BCUT2D eigenvalue weighted by molar-refractivity contribution is -0.120. The van der Waals surface area contributed by atoms with Crippen LogP contribution in [-0.4, -0.2) is 26.2 Å². The Morgan fingerprint density at radius 3 is 2.50 bits per heavy atom. The molecule has 0 aliphatic rings. The van der Waals surface area contributed by atoms with E-state index in [2.05, 4.69) is 5.32 Å². The van der Waals surface area contributed by atoms with Gasteiger partial charge in [0, 0.05) is 0 Å². The van der Waals surface area contributed by atoms with Gasteiger partial charge in [0.15, 0.2) is 11.5 Å². The van der Waals surface area contributed by atoms with Crippen molar-refractivity contribution in [3.63, 3.8) is 0 Å². The lowest BCUT2D eigenvalue weighted by atomic mass is 10.1. The predicted molar refractivity (Wildman–Crippen MR) is 81.6 cm³/mol. The van der Waals surface area contributed by atoms with E-state index in [1.165, 1.54) is 6.07 Å². The van der Waals surface area contributed by atoms with Gasteiger partial charge in [-0.05, 0) is 23.8 Å². The van der Waals surface area contributed by atoms with E-state index in [0.29, 0.717) is 30.2 Å². The Morgan fingerprint density at radius 2 is 1.77 bits per heavy atom. The first-order chi connectivity index (χ1) is 10.7. The van der Waals surface area contributed by atoms with Crippen molar-refractivity contribution < 1.29 is 18.7 Å². The fraction of sp³-hybridized carbons (Fsp3) is 0.235. The largest absolute Gasteiger partial charge is 0.493 e. The minimum absolute atomic E-state index is 0.0152. The molecule has 2 aromatic rings. The molecule has 0 unspecified atom stereocenters. The Hall–Kier alpha value is -2.56. The van der Waals surface area contributed by atoms with Crippen LogP contribution in [0.25, 0.3) is 0 Å². The standard InChI is InChI=1S/C17H18FNO3/c1-21-15-8-4-5-9-16(15)22-11-10-19-17(20)12-13-6-2-3-7-14(13)18/h2-9H,10-12H2,1H3,(H,19,20). The first-order valence-electron chi connectivity index (χ1n) is 6.96. The summed E-state index contributed by atoms with van der Waals surface area (Å²) in [6.45, 7) is 0.648. The Kier molecular flexibility index (Phi) is 5.77. The third-order valence-corrected chi connectivity index (χ3v) is 3.06. The van der Waals surface area contributed by atoms with Gasteiger partial charge < -0.3 is 14.8 Å². The summed E-state index contributed by atoms with van der Waals surface area (Å²) in [4.78, 5) is 11.7. The number of amides is 1. The molecule has 0 radical (unpaired) electrons. The second-order valence-corrected chi connectivity index (χ2v) is 4.62. The van der Waals surface area contributed by atoms with Crippen LogP contribution in [0.3, 0.4) is 0 Å². The van der Waals surface area contributed by atoms with Gasteiger partial charge in [-0.3, -0.25) is 4.79 Å². The maximum absolute atomic E-state index is 13.4. The van der Waals surface area contributed by atoms with Gasteiger partial charge in [0.1, 0.15) is 12.4 Å². The quantitative estimate of drug-likeness (QED) is 0.800. The van der Waals surface area contributed by atoms with Crippen molar-refractivity contribution in [3.8, 4) is 11.5 Å². The molecule has 0 fully saturated rings. The van der Waals surface area contributed by atoms with Crippen LogP contribution >= 0.6 is 0 Å². The van der Waals surface area contributed by atoms with Crippen molar-refractivity contribution in [1.82, 2.24) is 5.32 Å². The smallest absolute Gasteiger partial charge is 0.224 e. The van der Waals surface area contributed by atoms with Crippen LogP contribution in [0.1, 0.15) is 5.56 Å². The SMILES string of the molecule is COc1ccccc1OCCNC(=O)Cc1ccccc1F. The third kappa shape index (κ3) is 4.48. The Balaban J connectivity index is 1.75. The van der Waals surface area contributed by atoms with E-state index in [1.807, 2.05) is 12.1 Å². The summed E-state index contributed by atoms with van der Waals surface area (Å²) < 4.78 is 24.1. The second kappa shape index (κ2) is 8.02. The molecular formula is C17H18FNO3. The number of para-hydroxylation sites is 2. The molecule has 0 spiro atoms. The minimum atomic E-state index is -0.372. The molecule has 0 aliphatic heterocycles. The molecule has 0 atom stereocenters. The molecule has 4 nitrogen and oxygen atoms in total. The zero-order valence-electron chi connectivity index (χ0n) is 12.3. The molecule has 2 aromatic carbocycles. The topological polar surface area (TPSA) is 47.6 Å². The zero-order valence-corrected chi connectivity index (χ0v) is 12.3. The second-order valence-electron chi connectivity index (χ2n) is 4.62. The average Bonchev–Trinajstić information content (AvgIpc) is 2.54. The number of carbonyl (C=O) groups excluding carboxylic acids is 1. The van der Waals surface area contributed by atoms with Crippen molar-refractivity contribution in [3.05, 3.63) is 59.9 Å². The van der Waals surface area contributed by atoms with Crippen LogP contribution in [0.4, 0.5) is 4.39 Å². The van der Waals surface area contributed by atoms with E-state index in [1.54, 1.807) is 37.4 Å². The van der Waals surface area contributed by atoms with Crippen molar-refractivity contribution in [2.75, 3.05) is 20.3 Å². The number of rotatable bonds is 7. The number of benzene rings is 2. The van der Waals surface area contributed by atoms with Gasteiger partial charge in [-0.15, -0.1) is 0 Å². The fourth-order valence-corrected chi connectivity index (χ4v) is 1.97. The molecule has 116 valence electrons. The van der Waals surface area contributed by atoms with Gasteiger partial charge in [-0.2, -0.15) is 0 Å². The molecular weight excluding hydrogens is 285 g/mol. The average molecular weight is 303 g/mol. The first-order valence-corrected chi connectivity index (χ1v) is 6.96. The molecule has 1 N–H and O–H groups in total. The number of hydrogen-bond donors (Lipinski definition) is 1. The zero-order chi connectivity index (χ0) is 15.8. The highest BCUT2D eigenvalue weighted by atomic mass is 19.1. The lowest BCUT2D eigenvalue weighted by Crippen LogP contribution is -2.29. The van der Waals surface area contributed by atoms with Crippen LogP contribution in [0.15, 0.2) is 48.5 Å². The highest BCUT2D eigenvalue weighted by Crippen LogP contribution is 2.25. The highest BCUT2D eigenvalue weighted by molar-refractivity contribution is 5.78. The summed E-state index contributed by atoms with van der Waals surface area (Å²) in [5, 5.41) is 2.69. The molecule has 0 bridgehead atoms. The van der Waals surface area contributed by atoms with Crippen LogP contribution in [0, 0.1) is 5.82 Å². The van der Waals surface area contributed by atoms with Crippen molar-refractivity contribution in [2.24, 2.45) is 0 Å². The van der Waals surface area contributed by atoms with Gasteiger partial charge in [0.05, 0.1) is 20.1 Å². The maximum atomic E-state index is 13.4. The molecule has 0 aromatic heterocycles. The number of halogens is 1. The number of methoxy groups -OCH3 is 1. The molecule has 0 saturated carbocycles. The molecule has 0 heterocycles. The molecule has 0 saturated heterocycles. The monoisotopic (exact) mass is 303 g/mol. The van der Waals surface area contributed by atoms with E-state index in [4.69, 9.17) is 9.47 Å². The summed E-state index contributed by atoms with van der Waals surface area (Å²) in [6, 6.07) is 13.5. The number of carbonyl (C=O) groups is 1. The third-order valence-electron chi connectivity index (χ3n) is 3.06. The van der Waals surface area contributed by atoms with Crippen LogP contribution in [0.2, 0.25) is 0 Å². The van der Waals surface area contributed by atoms with Crippen LogP contribution < -0.4 is 14.8 Å². The number of hydrogen-bond acceptors (Lipinski definition) is 3. The van der Waals surface area contributed by atoms with Gasteiger partial charge in [0.25, 0.3) is 0 Å². The summed E-state index contributed by atoms with van der Waals surface area (Å²) in [6.07, 6.45) is 0.0152.